The molecule has 3 N–H and O–H groups in total. The van der Waals surface area contributed by atoms with Gasteiger partial charge in [-0.1, -0.05) is 11.8 Å². The summed E-state index contributed by atoms with van der Waals surface area (Å²) >= 11 is 1.30. The van der Waals surface area contributed by atoms with E-state index in [0.717, 1.165) is 23.1 Å². The Labute approximate surface area is 180 Å². The Morgan fingerprint density at radius 2 is 1.10 bits per heavy atom. The summed E-state index contributed by atoms with van der Waals surface area (Å²) < 4.78 is 25.7. The smallest absolute Gasteiger partial charge is 0.336 e. The van der Waals surface area contributed by atoms with Crippen LogP contribution in [0.2, 0.25) is 0 Å². The molecule has 0 spiro atoms. The molecule has 0 saturated heterocycles. The molecule has 0 aliphatic carbocycles. The monoisotopic (exact) mass is 458 g/mol. The van der Waals surface area contributed by atoms with Gasteiger partial charge in [0.1, 0.15) is 0 Å². The number of aromatic carboxylic acids is 3. The van der Waals surface area contributed by atoms with E-state index in [0.29, 0.717) is 4.90 Å². The van der Waals surface area contributed by atoms with E-state index in [1.165, 1.54) is 36.0 Å². The summed E-state index contributed by atoms with van der Waals surface area (Å²) in [6.07, 6.45) is 0. The fourth-order valence-corrected chi connectivity index (χ4v) is 4.78. The van der Waals surface area contributed by atoms with E-state index < -0.39 is 38.9 Å². The van der Waals surface area contributed by atoms with E-state index in [4.69, 9.17) is 10.2 Å². The first-order chi connectivity index (χ1) is 14.6. The Bertz CT molecular complexity index is 1280. The van der Waals surface area contributed by atoms with Crippen molar-refractivity contribution in [1.82, 2.24) is 0 Å². The maximum Gasteiger partial charge on any atom is 0.336 e. The van der Waals surface area contributed by atoms with Crippen molar-refractivity contribution in [2.24, 2.45) is 0 Å². The SMILES string of the molecule is O=C(O)c1ccc(Sc2ccc(S(=O)(=O)c3ccc(C(=O)O)c(C(=O)O)c3)cc2)cc1. The first kappa shape index (κ1) is 22.1. The van der Waals surface area contributed by atoms with Crippen molar-refractivity contribution in [1.29, 1.82) is 0 Å². The molecule has 0 unspecified atom stereocenters. The van der Waals surface area contributed by atoms with Crippen LogP contribution < -0.4 is 0 Å². The van der Waals surface area contributed by atoms with Gasteiger partial charge >= 0.3 is 17.9 Å². The van der Waals surface area contributed by atoms with Crippen molar-refractivity contribution >= 4 is 39.5 Å². The molecule has 0 aliphatic rings. The Morgan fingerprint density at radius 1 is 0.613 bits per heavy atom. The third-order valence-electron chi connectivity index (χ3n) is 4.23. The molecule has 8 nitrogen and oxygen atoms in total. The largest absolute Gasteiger partial charge is 0.478 e. The highest BCUT2D eigenvalue weighted by atomic mass is 32.2. The standard InChI is InChI=1S/C21H14O8S2/c22-19(23)12-1-3-13(4-2-12)30-14-5-7-15(8-6-14)31(28,29)16-9-10-17(20(24)25)18(11-16)21(26)27/h1-11H,(H,22,23)(H,24,25)(H,26,27). The molecule has 10 heteroatoms. The van der Waals surface area contributed by atoms with Crippen LogP contribution in [0.25, 0.3) is 0 Å². The quantitative estimate of drug-likeness (QED) is 0.481. The van der Waals surface area contributed by atoms with Gasteiger partial charge in [0.05, 0.1) is 26.5 Å². The fourth-order valence-electron chi connectivity index (χ4n) is 2.68. The minimum atomic E-state index is -4.07. The van der Waals surface area contributed by atoms with Crippen molar-refractivity contribution in [2.45, 2.75) is 19.6 Å². The van der Waals surface area contributed by atoms with Crippen molar-refractivity contribution < 1.29 is 38.1 Å². The normalized spacial score (nSPS) is 11.1. The maximum absolute atomic E-state index is 12.9. The Hall–Kier alpha value is -3.63. The molecule has 0 aliphatic heterocycles. The van der Waals surface area contributed by atoms with E-state index in [2.05, 4.69) is 0 Å². The van der Waals surface area contributed by atoms with Gasteiger partial charge in [0.25, 0.3) is 0 Å². The van der Waals surface area contributed by atoms with Crippen molar-refractivity contribution in [3.8, 4) is 0 Å². The minimum Gasteiger partial charge on any atom is -0.478 e. The van der Waals surface area contributed by atoms with E-state index >= 15 is 0 Å². The van der Waals surface area contributed by atoms with E-state index in [-0.39, 0.29) is 15.4 Å². The van der Waals surface area contributed by atoms with Crippen LogP contribution in [0.3, 0.4) is 0 Å². The van der Waals surface area contributed by atoms with Gasteiger partial charge in [-0.2, -0.15) is 0 Å². The number of carboxylic acid groups (broad SMARTS) is 3. The Kier molecular flexibility index (Phi) is 6.14. The number of rotatable bonds is 7. The van der Waals surface area contributed by atoms with Gasteiger partial charge in [0.15, 0.2) is 0 Å². The second kappa shape index (κ2) is 8.62. The zero-order valence-corrected chi connectivity index (χ0v) is 17.2. The summed E-state index contributed by atoms with van der Waals surface area (Å²) in [7, 11) is -4.07. The molecule has 3 aromatic rings. The van der Waals surface area contributed by atoms with Gasteiger partial charge in [-0.05, 0) is 66.7 Å². The summed E-state index contributed by atoms with van der Waals surface area (Å²) in [4.78, 5) is 34.4. The molecule has 0 atom stereocenters. The Balaban J connectivity index is 1.87. The van der Waals surface area contributed by atoms with Crippen LogP contribution >= 0.6 is 11.8 Å². The third kappa shape index (κ3) is 4.76. The summed E-state index contributed by atoms with van der Waals surface area (Å²) in [5.74, 6) is -4.05. The van der Waals surface area contributed by atoms with Gasteiger partial charge in [0, 0.05) is 9.79 Å². The first-order valence-electron chi connectivity index (χ1n) is 8.56. The lowest BCUT2D eigenvalue weighted by Gasteiger charge is -2.09. The predicted octanol–water partition coefficient (Wildman–Crippen LogP) is 3.77. The molecule has 0 radical (unpaired) electrons. The number of sulfone groups is 1. The highest BCUT2D eigenvalue weighted by Gasteiger charge is 2.23. The molecule has 0 bridgehead atoms. The zero-order valence-electron chi connectivity index (χ0n) is 15.6. The fraction of sp³-hybridized carbons (Fsp3) is 0. The van der Waals surface area contributed by atoms with Gasteiger partial charge in [-0.25, -0.2) is 22.8 Å². The highest BCUT2D eigenvalue weighted by Crippen LogP contribution is 2.30. The van der Waals surface area contributed by atoms with Crippen molar-refractivity contribution in [3.63, 3.8) is 0 Å². The predicted molar refractivity (Wildman–Crippen MR) is 110 cm³/mol. The number of carbonyl (C=O) groups is 3. The minimum absolute atomic E-state index is 0.0857. The molecule has 0 heterocycles. The number of hydrogen-bond acceptors (Lipinski definition) is 6. The Morgan fingerprint density at radius 3 is 1.58 bits per heavy atom. The van der Waals surface area contributed by atoms with Gasteiger partial charge in [0.2, 0.25) is 9.84 Å². The average molecular weight is 458 g/mol. The average Bonchev–Trinajstić information content (AvgIpc) is 2.74. The van der Waals surface area contributed by atoms with E-state index in [9.17, 15) is 27.9 Å². The second-order valence-electron chi connectivity index (χ2n) is 6.22. The number of benzene rings is 3. The zero-order chi connectivity index (χ0) is 22.8. The summed E-state index contributed by atoms with van der Waals surface area (Å²) in [6.45, 7) is 0. The van der Waals surface area contributed by atoms with Gasteiger partial charge < -0.3 is 15.3 Å². The second-order valence-corrected chi connectivity index (χ2v) is 9.32. The molecule has 0 saturated carbocycles. The van der Waals surface area contributed by atoms with E-state index in [1.807, 2.05) is 0 Å². The molecule has 0 amide bonds. The van der Waals surface area contributed by atoms with Crippen LogP contribution in [0.5, 0.6) is 0 Å². The van der Waals surface area contributed by atoms with Crippen molar-refractivity contribution in [3.05, 3.63) is 83.4 Å². The molecule has 158 valence electrons. The lowest BCUT2D eigenvalue weighted by molar-refractivity contribution is 0.0651. The summed E-state index contributed by atoms with van der Waals surface area (Å²) in [5.41, 5.74) is -0.974. The topological polar surface area (TPSA) is 146 Å². The third-order valence-corrected chi connectivity index (χ3v) is 7.02. The molecular formula is C21H14O8S2. The molecule has 3 rings (SSSR count). The van der Waals surface area contributed by atoms with Crippen LogP contribution in [-0.4, -0.2) is 41.6 Å². The lowest BCUT2D eigenvalue weighted by Crippen LogP contribution is -2.10. The molecule has 3 aromatic carbocycles. The maximum atomic E-state index is 12.9. The molecule has 0 fully saturated rings. The summed E-state index contributed by atoms with van der Waals surface area (Å²) in [5, 5.41) is 27.2. The van der Waals surface area contributed by atoms with E-state index in [1.54, 1.807) is 24.3 Å². The summed E-state index contributed by atoms with van der Waals surface area (Å²) in [6, 6.07) is 14.9. The van der Waals surface area contributed by atoms with Crippen LogP contribution in [-0.2, 0) is 9.84 Å². The van der Waals surface area contributed by atoms with Crippen LogP contribution in [0.4, 0.5) is 0 Å². The van der Waals surface area contributed by atoms with Gasteiger partial charge in [-0.15, -0.1) is 0 Å². The number of hydrogen-bond donors (Lipinski definition) is 3. The number of carboxylic acids is 3. The molecule has 0 aromatic heterocycles. The highest BCUT2D eigenvalue weighted by molar-refractivity contribution is 7.99. The van der Waals surface area contributed by atoms with Crippen LogP contribution in [0.15, 0.2) is 86.3 Å². The van der Waals surface area contributed by atoms with Crippen LogP contribution in [0, 0.1) is 0 Å². The lowest BCUT2D eigenvalue weighted by atomic mass is 10.1. The van der Waals surface area contributed by atoms with Crippen LogP contribution in [0.1, 0.15) is 31.1 Å². The molecular weight excluding hydrogens is 444 g/mol. The van der Waals surface area contributed by atoms with Gasteiger partial charge in [-0.3, -0.25) is 0 Å². The first-order valence-corrected chi connectivity index (χ1v) is 10.9. The van der Waals surface area contributed by atoms with Crippen molar-refractivity contribution in [2.75, 3.05) is 0 Å². The molecule has 31 heavy (non-hydrogen) atoms.